The zero-order valence-electron chi connectivity index (χ0n) is 22.4. The fourth-order valence-corrected chi connectivity index (χ4v) is 7.05. The van der Waals surface area contributed by atoms with Crippen LogP contribution in [0.25, 0.3) is 0 Å². The average molecular weight is 620 g/mol. The van der Waals surface area contributed by atoms with Crippen molar-refractivity contribution in [2.45, 2.75) is 49.7 Å². The van der Waals surface area contributed by atoms with E-state index in [1.165, 1.54) is 12.3 Å². The number of sulfonamides is 1. The highest BCUT2D eigenvalue weighted by molar-refractivity contribution is 7.88. The number of hydrogen-bond donors (Lipinski definition) is 3. The number of fused-ring (bicyclic) bond motifs is 1. The van der Waals surface area contributed by atoms with Crippen molar-refractivity contribution in [2.75, 3.05) is 12.8 Å². The number of allylic oxidation sites excluding steroid dienone is 3. The molecule has 1 heterocycles. The Balaban J connectivity index is 1.82. The van der Waals surface area contributed by atoms with Gasteiger partial charge in [-0.3, -0.25) is 9.59 Å². The molecule has 1 fully saturated rings. The first kappa shape index (κ1) is 30.8. The molecule has 4 atom stereocenters. The van der Waals surface area contributed by atoms with E-state index >= 15 is 0 Å². The Kier molecular flexibility index (Phi) is 10.2. The molecule has 0 spiro atoms. The van der Waals surface area contributed by atoms with Crippen LogP contribution in [0.5, 0.6) is 0 Å². The van der Waals surface area contributed by atoms with Gasteiger partial charge in [0.15, 0.2) is 6.21 Å². The molecule has 218 valence electrons. The maximum absolute atomic E-state index is 14.2. The van der Waals surface area contributed by atoms with Crippen molar-refractivity contribution in [3.05, 3.63) is 98.7 Å². The minimum absolute atomic E-state index is 0.198. The van der Waals surface area contributed by atoms with Crippen LogP contribution < -0.4 is 15.2 Å². The van der Waals surface area contributed by atoms with Gasteiger partial charge in [0.2, 0.25) is 15.9 Å². The first-order valence-electron chi connectivity index (χ1n) is 13.3. The van der Waals surface area contributed by atoms with Crippen LogP contribution in [0.15, 0.2) is 66.8 Å². The number of amides is 2. The van der Waals surface area contributed by atoms with Crippen molar-refractivity contribution < 1.29 is 23.2 Å². The van der Waals surface area contributed by atoms with E-state index in [1.807, 2.05) is 0 Å². The van der Waals surface area contributed by atoms with Gasteiger partial charge in [0.05, 0.1) is 18.2 Å². The number of carbonyl (C=O) groups excluding carboxylic acids is 2. The van der Waals surface area contributed by atoms with Crippen LogP contribution in [0, 0.1) is 5.21 Å². The summed E-state index contributed by atoms with van der Waals surface area (Å²) in [6, 6.07) is 10.1. The highest BCUT2D eigenvalue weighted by Crippen LogP contribution is 2.47. The molecule has 2 aromatic rings. The molecule has 1 saturated carbocycles. The molecular weight excluding hydrogens is 587 g/mol. The van der Waals surface area contributed by atoms with Gasteiger partial charge in [-0.15, -0.1) is 0 Å². The Hall–Kier alpha value is -3.18. The van der Waals surface area contributed by atoms with E-state index in [1.54, 1.807) is 70.7 Å². The van der Waals surface area contributed by atoms with Gasteiger partial charge in [-0.25, -0.2) is 18.3 Å². The number of rotatable bonds is 9. The van der Waals surface area contributed by atoms with E-state index in [0.29, 0.717) is 39.6 Å². The van der Waals surface area contributed by atoms with Crippen LogP contribution in [-0.2, 0) is 14.8 Å². The third-order valence-electron chi connectivity index (χ3n) is 7.31. The quantitative estimate of drug-likeness (QED) is 0.172. The number of nitrogens with zero attached hydrogens (tertiary/aromatic N) is 1. The van der Waals surface area contributed by atoms with Gasteiger partial charge < -0.3 is 15.4 Å². The first-order valence-corrected chi connectivity index (χ1v) is 15.9. The van der Waals surface area contributed by atoms with Crippen LogP contribution in [-0.4, -0.2) is 56.2 Å². The molecule has 1 unspecified atom stereocenters. The highest BCUT2D eigenvalue weighted by atomic mass is 35.5. The second kappa shape index (κ2) is 13.7. The molecule has 0 saturated heterocycles. The molecular formula is C29H32Cl2N4O5S. The topological polar surface area (TPSA) is 133 Å². The lowest BCUT2D eigenvalue weighted by atomic mass is 9.76. The average Bonchev–Trinajstić information content (AvgIpc) is 2.92. The fraction of sp³-hybridized carbons (Fsp3) is 0.345. The second-order valence-electron chi connectivity index (χ2n) is 10.1. The van der Waals surface area contributed by atoms with Gasteiger partial charge in [0, 0.05) is 40.3 Å². The SMILES string of the molecule is CS(=O)(=O)N[C@H]1CCCCC1N1C(=O)c2ccccc2[C@@H](C(=O)NC/C=C/C=C\C=[NH+]\[O-])[C@@H]1c1ccc(Cl)cc1Cl. The Morgan fingerprint density at radius 2 is 1.85 bits per heavy atom. The third-order valence-corrected chi connectivity index (χ3v) is 8.60. The molecule has 2 aliphatic rings. The maximum Gasteiger partial charge on any atom is 0.255 e. The van der Waals surface area contributed by atoms with Crippen molar-refractivity contribution in [3.8, 4) is 0 Å². The maximum atomic E-state index is 14.2. The van der Waals surface area contributed by atoms with Crippen molar-refractivity contribution in [1.82, 2.24) is 14.9 Å². The van der Waals surface area contributed by atoms with Gasteiger partial charge in [-0.2, -0.15) is 0 Å². The standard InChI is InChI=1S/C29H32Cl2N4O5S/c1-41(39,40)34-24-12-6-7-13-25(24)35-27(22-15-14-19(30)18-23(22)31)26(20-10-4-5-11-21(20)29(35)37)28(36)32-16-8-2-3-9-17-33-38/h2-5,8-11,14-15,17-18,24-27,33-34H,6-7,12-13,16H2,1H3,(H-,32,36,38)/b8-2+,9-3-,33-17+/t24-,25?,26+,27-/m0/s1. The Morgan fingerprint density at radius 3 is 2.59 bits per heavy atom. The molecule has 1 aliphatic carbocycles. The molecule has 2 aromatic carbocycles. The summed E-state index contributed by atoms with van der Waals surface area (Å²) in [5, 5.41) is 15.6. The molecule has 9 nitrogen and oxygen atoms in total. The summed E-state index contributed by atoms with van der Waals surface area (Å²) < 4.78 is 27.3. The van der Waals surface area contributed by atoms with E-state index in [-0.39, 0.29) is 18.4 Å². The molecule has 4 rings (SSSR count). The molecule has 0 bridgehead atoms. The molecule has 12 heteroatoms. The van der Waals surface area contributed by atoms with Gasteiger partial charge >= 0.3 is 0 Å². The van der Waals surface area contributed by atoms with Crippen LogP contribution in [0.1, 0.15) is 59.1 Å². The van der Waals surface area contributed by atoms with Gasteiger partial charge in [0.25, 0.3) is 5.91 Å². The number of benzene rings is 2. The zero-order valence-corrected chi connectivity index (χ0v) is 24.8. The van der Waals surface area contributed by atoms with Gasteiger partial charge in [-0.1, -0.05) is 78.5 Å². The van der Waals surface area contributed by atoms with Crippen molar-refractivity contribution in [1.29, 1.82) is 0 Å². The number of halogens is 2. The van der Waals surface area contributed by atoms with E-state index in [2.05, 4.69) is 10.0 Å². The van der Waals surface area contributed by atoms with Crippen LogP contribution in [0.4, 0.5) is 0 Å². The molecule has 3 N–H and O–H groups in total. The molecule has 2 amide bonds. The summed E-state index contributed by atoms with van der Waals surface area (Å²) in [6.07, 6.45) is 11.6. The van der Waals surface area contributed by atoms with Crippen LogP contribution in [0.3, 0.4) is 0 Å². The minimum atomic E-state index is -3.57. The van der Waals surface area contributed by atoms with E-state index in [0.717, 1.165) is 19.1 Å². The summed E-state index contributed by atoms with van der Waals surface area (Å²) in [6.45, 7) is 0.198. The summed E-state index contributed by atoms with van der Waals surface area (Å²) in [4.78, 5) is 29.9. The summed E-state index contributed by atoms with van der Waals surface area (Å²) >= 11 is 12.9. The largest absolute Gasteiger partial charge is 0.625 e. The zero-order chi connectivity index (χ0) is 29.6. The highest BCUT2D eigenvalue weighted by Gasteiger charge is 2.49. The second-order valence-corrected chi connectivity index (χ2v) is 12.7. The van der Waals surface area contributed by atoms with Crippen LogP contribution >= 0.6 is 23.2 Å². The number of carbonyl (C=O) groups is 2. The molecule has 0 aromatic heterocycles. The fourth-order valence-electron chi connectivity index (χ4n) is 5.70. The Bertz CT molecular complexity index is 1480. The third kappa shape index (κ3) is 7.37. The lowest BCUT2D eigenvalue weighted by Crippen LogP contribution is -2.59. The van der Waals surface area contributed by atoms with E-state index < -0.39 is 34.1 Å². The van der Waals surface area contributed by atoms with Crippen molar-refractivity contribution in [2.24, 2.45) is 0 Å². The number of hydrogen-bond acceptors (Lipinski definition) is 5. The van der Waals surface area contributed by atoms with E-state index in [9.17, 15) is 23.2 Å². The lowest BCUT2D eigenvalue weighted by Gasteiger charge is -2.49. The van der Waals surface area contributed by atoms with Crippen LogP contribution in [0.2, 0.25) is 10.0 Å². The summed E-state index contributed by atoms with van der Waals surface area (Å²) in [5.74, 6) is -1.46. The smallest absolute Gasteiger partial charge is 0.255 e. The van der Waals surface area contributed by atoms with Crippen molar-refractivity contribution in [3.63, 3.8) is 0 Å². The lowest BCUT2D eigenvalue weighted by molar-refractivity contribution is -0.366. The summed E-state index contributed by atoms with van der Waals surface area (Å²) in [5.41, 5.74) is 1.49. The first-order chi connectivity index (χ1) is 19.6. The predicted octanol–water partition coefficient (Wildman–Crippen LogP) is 3.01. The minimum Gasteiger partial charge on any atom is -0.625 e. The van der Waals surface area contributed by atoms with Gasteiger partial charge in [0.1, 0.15) is 0 Å². The molecule has 1 aliphatic heterocycles. The predicted molar refractivity (Wildman–Crippen MR) is 160 cm³/mol. The molecule has 41 heavy (non-hydrogen) atoms. The summed E-state index contributed by atoms with van der Waals surface area (Å²) in [7, 11) is -3.57. The van der Waals surface area contributed by atoms with Gasteiger partial charge in [-0.05, 0) is 42.2 Å². The Labute approximate surface area is 249 Å². The molecule has 0 radical (unpaired) electrons. The normalized spacial score (nSPS) is 23.4. The van der Waals surface area contributed by atoms with Crippen molar-refractivity contribution >= 4 is 51.3 Å². The van der Waals surface area contributed by atoms with E-state index in [4.69, 9.17) is 23.2 Å². The number of nitrogens with one attached hydrogen (secondary N) is 3. The monoisotopic (exact) mass is 618 g/mol. The Morgan fingerprint density at radius 1 is 1.10 bits per heavy atom.